The maximum Gasteiger partial charge on any atom is 0.237 e. The minimum atomic E-state index is 0.178. The van der Waals surface area contributed by atoms with Crippen molar-refractivity contribution in [2.75, 3.05) is 14.2 Å². The summed E-state index contributed by atoms with van der Waals surface area (Å²) in [7, 11) is 2.95. The normalized spacial score (nSPS) is 10.1. The molecule has 0 saturated carbocycles. The van der Waals surface area contributed by atoms with Gasteiger partial charge < -0.3 is 18.9 Å². The molecule has 280 valence electrons. The van der Waals surface area contributed by atoms with Gasteiger partial charge in [0.2, 0.25) is 11.8 Å². The van der Waals surface area contributed by atoms with Crippen LogP contribution in [0.4, 0.5) is 0 Å². The molecule has 6 rings (SSSR count). The molecule has 6 aromatic rings. The number of pyridine rings is 4. The van der Waals surface area contributed by atoms with Gasteiger partial charge in [-0.1, -0.05) is 52.3 Å². The first kappa shape index (κ1) is 41.1. The Kier molecular flexibility index (Phi) is 14.3. The smallest absolute Gasteiger partial charge is 0.237 e. The predicted molar refractivity (Wildman–Crippen MR) is 215 cm³/mol. The summed E-state index contributed by atoms with van der Waals surface area (Å²) in [6.45, 7) is 3.85. The standard InChI is InChI=1S/C21H17Cl2N3O2.C21H13Cl2N3O2/c2*1-13-7-14(5-6-25-13)3-4-17-11-19(20(23)21(26-17)27-2)28-18-9-15(12-24)8-16(22)10-18/h5-11H,3-4H2,1-2H3;5-11H,1-2H3. The molecule has 4 aromatic heterocycles. The lowest BCUT2D eigenvalue weighted by Gasteiger charge is -2.13. The Labute approximate surface area is 344 Å². The number of aryl methyl sites for hydroxylation is 4. The van der Waals surface area contributed by atoms with Gasteiger partial charge in [-0.3, -0.25) is 9.97 Å². The van der Waals surface area contributed by atoms with E-state index in [1.54, 1.807) is 60.9 Å². The van der Waals surface area contributed by atoms with Crippen molar-refractivity contribution in [3.05, 3.63) is 150 Å². The molecule has 0 spiro atoms. The van der Waals surface area contributed by atoms with Crippen molar-refractivity contribution < 1.29 is 18.9 Å². The van der Waals surface area contributed by atoms with Gasteiger partial charge >= 0.3 is 0 Å². The van der Waals surface area contributed by atoms with Crippen molar-refractivity contribution in [2.24, 2.45) is 0 Å². The lowest BCUT2D eigenvalue weighted by atomic mass is 10.1. The Balaban J connectivity index is 0.000000214. The van der Waals surface area contributed by atoms with Crippen LogP contribution < -0.4 is 18.9 Å². The summed E-state index contributed by atoms with van der Waals surface area (Å²) in [4.78, 5) is 17.1. The van der Waals surface area contributed by atoms with Gasteiger partial charge in [-0.05, 0) is 98.8 Å². The van der Waals surface area contributed by atoms with Crippen LogP contribution in [0, 0.1) is 48.4 Å². The second-order valence-corrected chi connectivity index (χ2v) is 13.4. The summed E-state index contributed by atoms with van der Waals surface area (Å²) in [6, 6.07) is 24.6. The molecule has 0 aliphatic heterocycles. The number of aromatic nitrogens is 4. The quantitative estimate of drug-likeness (QED) is 0.130. The average molecular weight is 825 g/mol. The van der Waals surface area contributed by atoms with Gasteiger partial charge in [0.05, 0.1) is 37.5 Å². The molecule has 14 heteroatoms. The van der Waals surface area contributed by atoms with E-state index in [9.17, 15) is 0 Å². The van der Waals surface area contributed by atoms with Crippen LogP contribution in [-0.2, 0) is 12.8 Å². The summed E-state index contributed by atoms with van der Waals surface area (Å²) in [5.41, 5.74) is 5.75. The molecule has 0 fully saturated rings. The molecule has 0 radical (unpaired) electrons. The molecule has 4 heterocycles. The van der Waals surface area contributed by atoms with Crippen LogP contribution in [0.25, 0.3) is 0 Å². The number of nitriles is 2. The van der Waals surface area contributed by atoms with Gasteiger partial charge in [0.1, 0.15) is 27.2 Å². The second-order valence-electron chi connectivity index (χ2n) is 11.8. The summed E-state index contributed by atoms with van der Waals surface area (Å²) >= 11 is 24.8. The first-order valence-corrected chi connectivity index (χ1v) is 18.1. The molecular weight excluding hydrogens is 794 g/mol. The third kappa shape index (κ3) is 11.5. The van der Waals surface area contributed by atoms with Gasteiger partial charge in [-0.25, -0.2) is 9.97 Å². The fourth-order valence-corrected chi connectivity index (χ4v) is 5.92. The molecule has 10 nitrogen and oxygen atoms in total. The van der Waals surface area contributed by atoms with E-state index >= 15 is 0 Å². The van der Waals surface area contributed by atoms with E-state index in [0.717, 1.165) is 29.1 Å². The van der Waals surface area contributed by atoms with Crippen molar-refractivity contribution in [2.45, 2.75) is 26.7 Å². The van der Waals surface area contributed by atoms with Gasteiger partial charge in [0.25, 0.3) is 0 Å². The van der Waals surface area contributed by atoms with Crippen molar-refractivity contribution >= 4 is 46.4 Å². The van der Waals surface area contributed by atoms with Gasteiger partial charge in [0.15, 0.2) is 11.5 Å². The zero-order chi connectivity index (χ0) is 40.2. The Morgan fingerprint density at radius 2 is 1.14 bits per heavy atom. The number of nitrogens with zero attached hydrogens (tertiary/aromatic N) is 6. The zero-order valence-electron chi connectivity index (χ0n) is 30.3. The molecule has 56 heavy (non-hydrogen) atoms. The largest absolute Gasteiger partial charge is 0.480 e. The summed E-state index contributed by atoms with van der Waals surface area (Å²) in [6.07, 6.45) is 4.94. The second kappa shape index (κ2) is 19.5. The Morgan fingerprint density at radius 3 is 1.70 bits per heavy atom. The molecule has 0 aliphatic carbocycles. The van der Waals surface area contributed by atoms with Crippen LogP contribution in [-0.4, -0.2) is 34.2 Å². The van der Waals surface area contributed by atoms with Crippen LogP contribution in [0.1, 0.15) is 45.0 Å². The van der Waals surface area contributed by atoms with Crippen molar-refractivity contribution in [1.82, 2.24) is 19.9 Å². The number of rotatable bonds is 9. The molecular formula is C42H30Cl4N6O4. The molecule has 0 saturated heterocycles. The topological polar surface area (TPSA) is 136 Å². The van der Waals surface area contributed by atoms with E-state index in [4.69, 9.17) is 75.9 Å². The molecule has 0 N–H and O–H groups in total. The van der Waals surface area contributed by atoms with Crippen molar-refractivity contribution in [3.8, 4) is 58.7 Å². The molecule has 0 unspecified atom stereocenters. The average Bonchev–Trinajstić information content (AvgIpc) is 3.18. The van der Waals surface area contributed by atoms with Crippen LogP contribution in [0.5, 0.6) is 34.8 Å². The van der Waals surface area contributed by atoms with E-state index in [1.807, 2.05) is 44.2 Å². The van der Waals surface area contributed by atoms with Gasteiger partial charge in [-0.15, -0.1) is 0 Å². The maximum absolute atomic E-state index is 9.11. The summed E-state index contributed by atoms with van der Waals surface area (Å²) in [5, 5.41) is 19.4. The third-order valence-electron chi connectivity index (χ3n) is 7.55. The maximum atomic E-state index is 9.11. The zero-order valence-corrected chi connectivity index (χ0v) is 33.3. The highest BCUT2D eigenvalue weighted by Crippen LogP contribution is 2.38. The number of benzene rings is 2. The minimum Gasteiger partial charge on any atom is -0.480 e. The molecule has 0 amide bonds. The Morgan fingerprint density at radius 1 is 0.589 bits per heavy atom. The fourth-order valence-electron chi connectivity index (χ4n) is 5.04. The lowest BCUT2D eigenvalue weighted by molar-refractivity contribution is 0.390. The Hall–Kier alpha value is -6.06. The van der Waals surface area contributed by atoms with Crippen LogP contribution in [0.15, 0.2) is 85.2 Å². The van der Waals surface area contributed by atoms with Crippen LogP contribution >= 0.6 is 46.4 Å². The monoisotopic (exact) mass is 822 g/mol. The van der Waals surface area contributed by atoms with Crippen LogP contribution in [0.2, 0.25) is 20.1 Å². The van der Waals surface area contributed by atoms with E-state index in [0.29, 0.717) is 50.5 Å². The van der Waals surface area contributed by atoms with E-state index in [2.05, 4.69) is 31.8 Å². The third-order valence-corrected chi connectivity index (χ3v) is 8.68. The molecule has 0 bridgehead atoms. The predicted octanol–water partition coefficient (Wildman–Crippen LogP) is 10.7. The minimum absolute atomic E-state index is 0.178. The fraction of sp³-hybridized carbons (Fsp3) is 0.143. The highest BCUT2D eigenvalue weighted by atomic mass is 35.5. The molecule has 0 aliphatic rings. The Bertz CT molecular complexity index is 2540. The first-order chi connectivity index (χ1) is 27.0. The number of hydrogen-bond acceptors (Lipinski definition) is 10. The molecule has 2 aromatic carbocycles. The van der Waals surface area contributed by atoms with Crippen LogP contribution in [0.3, 0.4) is 0 Å². The highest BCUT2D eigenvalue weighted by Gasteiger charge is 2.16. The number of ether oxygens (including phenoxy) is 4. The summed E-state index contributed by atoms with van der Waals surface area (Å²) in [5.74, 6) is 7.89. The molecule has 0 atom stereocenters. The van der Waals surface area contributed by atoms with Crippen molar-refractivity contribution in [3.63, 3.8) is 0 Å². The van der Waals surface area contributed by atoms with E-state index < -0.39 is 0 Å². The number of hydrogen-bond donors (Lipinski definition) is 0. The lowest BCUT2D eigenvalue weighted by Crippen LogP contribution is -2.00. The van der Waals surface area contributed by atoms with Gasteiger partial charge in [0, 0.05) is 57.2 Å². The van der Waals surface area contributed by atoms with Crippen molar-refractivity contribution in [1.29, 1.82) is 10.5 Å². The number of methoxy groups -OCH3 is 2. The SMILES string of the molecule is COc1nc(C#Cc2ccnc(C)c2)cc(Oc2cc(Cl)cc(C#N)c2)c1Cl.COc1nc(CCc2ccnc(C)c2)cc(Oc2cc(Cl)cc(C#N)c2)c1Cl. The van der Waals surface area contributed by atoms with E-state index in [-0.39, 0.29) is 27.6 Å². The van der Waals surface area contributed by atoms with Gasteiger partial charge in [-0.2, -0.15) is 10.5 Å². The number of halogens is 4. The first-order valence-electron chi connectivity index (χ1n) is 16.6. The van der Waals surface area contributed by atoms with E-state index in [1.165, 1.54) is 25.8 Å². The highest BCUT2D eigenvalue weighted by molar-refractivity contribution is 6.34. The summed E-state index contributed by atoms with van der Waals surface area (Å²) < 4.78 is 22.2.